The summed E-state index contributed by atoms with van der Waals surface area (Å²) in [4.78, 5) is 15.2. The lowest BCUT2D eigenvalue weighted by molar-refractivity contribution is 0.153. The van der Waals surface area contributed by atoms with E-state index in [-0.39, 0.29) is 5.54 Å². The Labute approximate surface area is 204 Å². The van der Waals surface area contributed by atoms with Crippen molar-refractivity contribution in [2.75, 3.05) is 18.4 Å². The SMILES string of the molecule is CC1(/C=C/S(=O)(=O)NC(=O)Nc2c3c(cc4c2CCC4)CCC3)CCCN1CC1CCCCC1. The van der Waals surface area contributed by atoms with Gasteiger partial charge in [0.15, 0.2) is 0 Å². The summed E-state index contributed by atoms with van der Waals surface area (Å²) in [5, 5.41) is 4.14. The third-order valence-corrected chi connectivity index (χ3v) is 9.55. The predicted molar refractivity (Wildman–Crippen MR) is 136 cm³/mol. The highest BCUT2D eigenvalue weighted by atomic mass is 32.2. The summed E-state index contributed by atoms with van der Waals surface area (Å²) >= 11 is 0. The van der Waals surface area contributed by atoms with E-state index < -0.39 is 16.1 Å². The van der Waals surface area contributed by atoms with Gasteiger partial charge >= 0.3 is 6.03 Å². The van der Waals surface area contributed by atoms with Crippen LogP contribution >= 0.6 is 0 Å². The van der Waals surface area contributed by atoms with E-state index in [4.69, 9.17) is 0 Å². The Bertz CT molecular complexity index is 1040. The molecule has 0 radical (unpaired) electrons. The monoisotopic (exact) mass is 485 g/mol. The third-order valence-electron chi connectivity index (χ3n) is 8.59. The van der Waals surface area contributed by atoms with Gasteiger partial charge in [-0.15, -0.1) is 0 Å². The highest BCUT2D eigenvalue weighted by molar-refractivity contribution is 7.92. The number of nitrogens with one attached hydrogen (secondary N) is 2. The van der Waals surface area contributed by atoms with Crippen molar-refractivity contribution < 1.29 is 13.2 Å². The van der Waals surface area contributed by atoms with Crippen LogP contribution in [0.15, 0.2) is 17.6 Å². The van der Waals surface area contributed by atoms with Gasteiger partial charge in [0.05, 0.1) is 0 Å². The molecule has 1 unspecified atom stereocenters. The molecule has 3 aliphatic carbocycles. The fraction of sp³-hybridized carbons (Fsp3) is 0.667. The van der Waals surface area contributed by atoms with Gasteiger partial charge in [-0.2, -0.15) is 0 Å². The van der Waals surface area contributed by atoms with Crippen molar-refractivity contribution in [3.63, 3.8) is 0 Å². The number of sulfonamides is 1. The molecule has 186 valence electrons. The number of carbonyl (C=O) groups is 1. The molecule has 2 fully saturated rings. The number of urea groups is 1. The maximum Gasteiger partial charge on any atom is 0.333 e. The van der Waals surface area contributed by atoms with E-state index in [1.165, 1.54) is 59.8 Å². The minimum Gasteiger partial charge on any atom is -0.307 e. The molecule has 2 N–H and O–H groups in total. The Balaban J connectivity index is 1.25. The molecule has 1 aromatic rings. The van der Waals surface area contributed by atoms with Gasteiger partial charge in [0.25, 0.3) is 10.0 Å². The highest BCUT2D eigenvalue weighted by Crippen LogP contribution is 2.38. The van der Waals surface area contributed by atoms with Gasteiger partial charge in [-0.05, 0) is 106 Å². The molecule has 6 nitrogen and oxygen atoms in total. The van der Waals surface area contributed by atoms with Crippen LogP contribution < -0.4 is 10.0 Å². The molecule has 7 heteroatoms. The predicted octanol–water partition coefficient (Wildman–Crippen LogP) is 5.06. The number of fused-ring (bicyclic) bond motifs is 2. The summed E-state index contributed by atoms with van der Waals surface area (Å²) in [5.74, 6) is 0.717. The Morgan fingerprint density at radius 1 is 1.03 bits per heavy atom. The molecular formula is C27H39N3O3S. The largest absolute Gasteiger partial charge is 0.333 e. The van der Waals surface area contributed by atoms with Crippen LogP contribution in [0.5, 0.6) is 0 Å². The summed E-state index contributed by atoms with van der Waals surface area (Å²) < 4.78 is 27.9. The van der Waals surface area contributed by atoms with Gasteiger partial charge in [0.1, 0.15) is 0 Å². The molecule has 5 rings (SSSR count). The van der Waals surface area contributed by atoms with Crippen molar-refractivity contribution in [3.05, 3.63) is 39.8 Å². The second-order valence-corrected chi connectivity index (χ2v) is 12.6. The van der Waals surface area contributed by atoms with Crippen molar-refractivity contribution in [3.8, 4) is 0 Å². The number of nitrogens with zero attached hydrogens (tertiary/aromatic N) is 1. The molecular weight excluding hydrogens is 446 g/mol. The Morgan fingerprint density at radius 3 is 2.38 bits per heavy atom. The lowest BCUT2D eigenvalue weighted by Gasteiger charge is -2.36. The van der Waals surface area contributed by atoms with E-state index in [1.807, 2.05) is 0 Å². The number of amides is 2. The second kappa shape index (κ2) is 9.65. The maximum atomic E-state index is 12.8. The number of hydrogen-bond acceptors (Lipinski definition) is 4. The van der Waals surface area contributed by atoms with E-state index in [0.717, 1.165) is 76.1 Å². The molecule has 0 bridgehead atoms. The first-order valence-corrected chi connectivity index (χ1v) is 14.8. The van der Waals surface area contributed by atoms with Crippen LogP contribution in [0.4, 0.5) is 10.5 Å². The first kappa shape index (κ1) is 23.9. The summed E-state index contributed by atoms with van der Waals surface area (Å²) in [5.41, 5.74) is 5.60. The minimum absolute atomic E-state index is 0.274. The van der Waals surface area contributed by atoms with Crippen LogP contribution in [-0.4, -0.2) is 38.0 Å². The average molecular weight is 486 g/mol. The van der Waals surface area contributed by atoms with Crippen molar-refractivity contribution in [2.45, 2.75) is 95.9 Å². The van der Waals surface area contributed by atoms with Gasteiger partial charge < -0.3 is 5.32 Å². The number of hydrogen-bond donors (Lipinski definition) is 2. The molecule has 1 saturated heterocycles. The van der Waals surface area contributed by atoms with Gasteiger partial charge in [-0.25, -0.2) is 17.9 Å². The smallest absolute Gasteiger partial charge is 0.307 e. The van der Waals surface area contributed by atoms with Crippen LogP contribution in [0.25, 0.3) is 0 Å². The van der Waals surface area contributed by atoms with Gasteiger partial charge in [-0.3, -0.25) is 4.90 Å². The number of aryl methyl sites for hydroxylation is 2. The minimum atomic E-state index is -3.88. The Morgan fingerprint density at radius 2 is 1.71 bits per heavy atom. The molecule has 1 atom stereocenters. The van der Waals surface area contributed by atoms with Crippen molar-refractivity contribution >= 4 is 21.7 Å². The van der Waals surface area contributed by atoms with E-state index >= 15 is 0 Å². The quantitative estimate of drug-likeness (QED) is 0.590. The summed E-state index contributed by atoms with van der Waals surface area (Å²) in [6.07, 6.45) is 16.5. The van der Waals surface area contributed by atoms with E-state index in [0.29, 0.717) is 0 Å². The number of anilines is 1. The summed E-state index contributed by atoms with van der Waals surface area (Å²) in [6, 6.07) is 1.64. The molecule has 1 saturated carbocycles. The van der Waals surface area contributed by atoms with E-state index in [2.05, 4.69) is 27.9 Å². The zero-order chi connectivity index (χ0) is 23.8. The molecule has 1 aliphatic heterocycles. The molecule has 0 aromatic heterocycles. The zero-order valence-electron chi connectivity index (χ0n) is 20.5. The van der Waals surface area contributed by atoms with Crippen molar-refractivity contribution in [2.24, 2.45) is 5.92 Å². The lowest BCUT2D eigenvalue weighted by atomic mass is 9.88. The normalized spacial score (nSPS) is 25.6. The van der Waals surface area contributed by atoms with E-state index in [1.54, 1.807) is 6.08 Å². The number of rotatable bonds is 6. The fourth-order valence-corrected chi connectivity index (χ4v) is 7.57. The van der Waals surface area contributed by atoms with Crippen LogP contribution in [0, 0.1) is 5.92 Å². The van der Waals surface area contributed by atoms with Gasteiger partial charge in [0.2, 0.25) is 0 Å². The summed E-state index contributed by atoms with van der Waals surface area (Å²) in [7, 11) is -3.88. The molecule has 4 aliphatic rings. The van der Waals surface area contributed by atoms with Crippen LogP contribution in [0.2, 0.25) is 0 Å². The van der Waals surface area contributed by atoms with Crippen LogP contribution in [-0.2, 0) is 35.7 Å². The zero-order valence-corrected chi connectivity index (χ0v) is 21.3. The summed E-state index contributed by atoms with van der Waals surface area (Å²) in [6.45, 7) is 4.18. The first-order valence-electron chi connectivity index (χ1n) is 13.3. The Kier molecular flexibility index (Phi) is 6.77. The first-order chi connectivity index (χ1) is 16.3. The number of likely N-dealkylation sites (tertiary alicyclic amines) is 1. The van der Waals surface area contributed by atoms with Gasteiger partial charge in [0, 0.05) is 23.2 Å². The van der Waals surface area contributed by atoms with Crippen molar-refractivity contribution in [1.29, 1.82) is 0 Å². The lowest BCUT2D eigenvalue weighted by Crippen LogP contribution is -2.43. The van der Waals surface area contributed by atoms with E-state index in [9.17, 15) is 13.2 Å². The maximum absolute atomic E-state index is 12.8. The standard InChI is InChI=1S/C27H39N3O3S/c1-27(14-7-16-30(27)19-20-8-3-2-4-9-20)15-17-34(32,33)29-26(31)28-25-23-12-5-10-21(23)18-22-11-6-13-24(22)25/h15,17-18,20H,2-14,16,19H2,1H3,(H2,28,29,31)/b17-15+. The average Bonchev–Trinajstić information content (AvgIpc) is 3.54. The Hall–Kier alpha value is -1.86. The molecule has 34 heavy (non-hydrogen) atoms. The van der Waals surface area contributed by atoms with Crippen LogP contribution in [0.3, 0.4) is 0 Å². The molecule has 1 aromatic carbocycles. The fourth-order valence-electron chi connectivity index (χ4n) is 6.72. The van der Waals surface area contributed by atoms with Gasteiger partial charge in [-0.1, -0.05) is 31.4 Å². The topological polar surface area (TPSA) is 78.5 Å². The second-order valence-electron chi connectivity index (χ2n) is 11.0. The van der Waals surface area contributed by atoms with Crippen LogP contribution in [0.1, 0.15) is 87.0 Å². The molecule has 0 spiro atoms. The highest BCUT2D eigenvalue weighted by Gasteiger charge is 2.36. The number of carbonyl (C=O) groups excluding carboxylic acids is 1. The number of benzene rings is 1. The molecule has 1 heterocycles. The molecule has 2 amide bonds. The third kappa shape index (κ3) is 5.06. The van der Waals surface area contributed by atoms with Crippen molar-refractivity contribution in [1.82, 2.24) is 9.62 Å².